The second-order valence-corrected chi connectivity index (χ2v) is 5.83. The topological polar surface area (TPSA) is 64.9 Å². The Labute approximate surface area is 120 Å². The third-order valence-electron chi connectivity index (χ3n) is 3.86. The van der Waals surface area contributed by atoms with Gasteiger partial charge in [-0.3, -0.25) is 4.79 Å². The van der Waals surface area contributed by atoms with Crippen LogP contribution in [0.5, 0.6) is 0 Å². The van der Waals surface area contributed by atoms with Gasteiger partial charge >= 0.3 is 0 Å². The average Bonchev–Trinajstić information content (AvgIpc) is 2.48. The van der Waals surface area contributed by atoms with Crippen LogP contribution in [0.4, 0.5) is 5.69 Å². The summed E-state index contributed by atoms with van der Waals surface area (Å²) in [5, 5.41) is 15.3. The van der Waals surface area contributed by atoms with E-state index in [1.807, 2.05) is 38.1 Å². The first kappa shape index (κ1) is 14.5. The lowest BCUT2D eigenvalue weighted by Crippen LogP contribution is -2.34. The first-order valence-corrected chi connectivity index (χ1v) is 7.06. The number of hydrogen-bond acceptors (Lipinski definition) is 3. The zero-order chi connectivity index (χ0) is 14.6. The summed E-state index contributed by atoms with van der Waals surface area (Å²) in [6.07, 6.45) is 1.79. The molecule has 4 heteroatoms. The molecule has 1 saturated heterocycles. The summed E-state index contributed by atoms with van der Waals surface area (Å²) in [6, 6.07) is 9.82. The number of amides is 1. The largest absolute Gasteiger partial charge is 0.326 e. The molecule has 1 aliphatic rings. The molecule has 1 fully saturated rings. The fraction of sp³-hybridized carbons (Fsp3) is 0.500. The number of nitrogens with one attached hydrogen (secondary N) is 2. The van der Waals surface area contributed by atoms with Gasteiger partial charge in [-0.2, -0.15) is 5.26 Å². The summed E-state index contributed by atoms with van der Waals surface area (Å²) < 4.78 is 0. The molecule has 1 aromatic carbocycles. The third-order valence-corrected chi connectivity index (χ3v) is 3.86. The van der Waals surface area contributed by atoms with Crippen LogP contribution < -0.4 is 10.6 Å². The SMILES string of the molecule is CC(C)(C#N)c1ccc(NC(=O)C2CCNCC2)cc1. The van der Waals surface area contributed by atoms with Crippen molar-refractivity contribution >= 4 is 11.6 Å². The summed E-state index contributed by atoms with van der Waals surface area (Å²) in [7, 11) is 0. The van der Waals surface area contributed by atoms with Gasteiger partial charge in [-0.15, -0.1) is 0 Å². The van der Waals surface area contributed by atoms with Crippen molar-refractivity contribution in [3.63, 3.8) is 0 Å². The number of anilines is 1. The van der Waals surface area contributed by atoms with Crippen LogP contribution in [0, 0.1) is 17.2 Å². The van der Waals surface area contributed by atoms with Crippen molar-refractivity contribution in [1.82, 2.24) is 5.32 Å². The number of benzene rings is 1. The van der Waals surface area contributed by atoms with E-state index in [4.69, 9.17) is 5.26 Å². The molecule has 0 radical (unpaired) electrons. The first-order chi connectivity index (χ1) is 9.53. The molecule has 2 N–H and O–H groups in total. The molecule has 1 aliphatic heterocycles. The van der Waals surface area contributed by atoms with Crippen LogP contribution in [0.3, 0.4) is 0 Å². The van der Waals surface area contributed by atoms with Gasteiger partial charge in [-0.1, -0.05) is 12.1 Å². The predicted octanol–water partition coefficient (Wildman–Crippen LogP) is 2.43. The molecule has 0 atom stereocenters. The van der Waals surface area contributed by atoms with Crippen molar-refractivity contribution in [3.8, 4) is 6.07 Å². The molecule has 106 valence electrons. The van der Waals surface area contributed by atoms with Crippen LogP contribution in [0.1, 0.15) is 32.3 Å². The van der Waals surface area contributed by atoms with E-state index in [1.165, 1.54) is 0 Å². The van der Waals surface area contributed by atoms with E-state index in [2.05, 4.69) is 16.7 Å². The van der Waals surface area contributed by atoms with Crippen molar-refractivity contribution in [3.05, 3.63) is 29.8 Å². The highest BCUT2D eigenvalue weighted by Gasteiger charge is 2.22. The van der Waals surface area contributed by atoms with Crippen molar-refractivity contribution in [2.75, 3.05) is 18.4 Å². The van der Waals surface area contributed by atoms with Crippen LogP contribution in [-0.4, -0.2) is 19.0 Å². The molecule has 2 rings (SSSR count). The summed E-state index contributed by atoms with van der Waals surface area (Å²) in [4.78, 5) is 12.1. The Kier molecular flexibility index (Phi) is 4.41. The smallest absolute Gasteiger partial charge is 0.227 e. The van der Waals surface area contributed by atoms with Gasteiger partial charge in [-0.05, 0) is 57.5 Å². The van der Waals surface area contributed by atoms with Gasteiger partial charge < -0.3 is 10.6 Å². The summed E-state index contributed by atoms with van der Waals surface area (Å²) in [5.41, 5.74) is 1.25. The Bertz CT molecular complexity index is 508. The van der Waals surface area contributed by atoms with E-state index >= 15 is 0 Å². The van der Waals surface area contributed by atoms with Gasteiger partial charge in [0, 0.05) is 11.6 Å². The van der Waals surface area contributed by atoms with Crippen molar-refractivity contribution < 1.29 is 4.79 Å². The third kappa shape index (κ3) is 3.37. The zero-order valence-electron chi connectivity index (χ0n) is 12.1. The number of nitriles is 1. The maximum Gasteiger partial charge on any atom is 0.227 e. The van der Waals surface area contributed by atoms with Gasteiger partial charge in [0.25, 0.3) is 0 Å². The molecule has 20 heavy (non-hydrogen) atoms. The second-order valence-electron chi connectivity index (χ2n) is 5.83. The van der Waals surface area contributed by atoms with Gasteiger partial charge in [0.2, 0.25) is 5.91 Å². The molecule has 0 aliphatic carbocycles. The number of piperidine rings is 1. The van der Waals surface area contributed by atoms with Crippen molar-refractivity contribution in [1.29, 1.82) is 5.26 Å². The molecule has 1 heterocycles. The van der Waals surface area contributed by atoms with Crippen LogP contribution in [0.25, 0.3) is 0 Å². The van der Waals surface area contributed by atoms with E-state index < -0.39 is 5.41 Å². The minimum Gasteiger partial charge on any atom is -0.326 e. The quantitative estimate of drug-likeness (QED) is 0.887. The summed E-state index contributed by atoms with van der Waals surface area (Å²) in [6.45, 7) is 5.59. The van der Waals surface area contributed by atoms with E-state index in [0.29, 0.717) is 0 Å². The Morgan fingerprint density at radius 1 is 1.30 bits per heavy atom. The highest BCUT2D eigenvalue weighted by Crippen LogP contribution is 2.24. The average molecular weight is 271 g/mol. The molecule has 4 nitrogen and oxygen atoms in total. The lowest BCUT2D eigenvalue weighted by Gasteiger charge is -2.22. The number of nitrogens with zero attached hydrogens (tertiary/aromatic N) is 1. The van der Waals surface area contributed by atoms with E-state index in [-0.39, 0.29) is 11.8 Å². The van der Waals surface area contributed by atoms with Gasteiger partial charge in [0.1, 0.15) is 0 Å². The monoisotopic (exact) mass is 271 g/mol. The summed E-state index contributed by atoms with van der Waals surface area (Å²) in [5.74, 6) is 0.199. The highest BCUT2D eigenvalue weighted by molar-refractivity contribution is 5.92. The molecule has 0 spiro atoms. The van der Waals surface area contributed by atoms with Crippen LogP contribution in [0.2, 0.25) is 0 Å². The maximum absolute atomic E-state index is 12.1. The lowest BCUT2D eigenvalue weighted by atomic mass is 9.86. The normalized spacial score (nSPS) is 16.4. The number of hydrogen-bond donors (Lipinski definition) is 2. The Hall–Kier alpha value is -1.86. The first-order valence-electron chi connectivity index (χ1n) is 7.06. The molecule has 1 aromatic rings. The Morgan fingerprint density at radius 2 is 1.90 bits per heavy atom. The number of carbonyl (C=O) groups is 1. The van der Waals surface area contributed by atoms with Crippen molar-refractivity contribution in [2.45, 2.75) is 32.1 Å². The molecular weight excluding hydrogens is 250 g/mol. The molecule has 0 saturated carbocycles. The van der Waals surface area contributed by atoms with Crippen LogP contribution in [0.15, 0.2) is 24.3 Å². The Balaban J connectivity index is 2.00. The van der Waals surface area contributed by atoms with Crippen LogP contribution in [-0.2, 0) is 10.2 Å². The standard InChI is InChI=1S/C16H21N3O/c1-16(2,11-17)13-3-5-14(6-4-13)19-15(20)12-7-9-18-10-8-12/h3-6,12,18H,7-10H2,1-2H3,(H,19,20). The molecule has 1 amide bonds. The highest BCUT2D eigenvalue weighted by atomic mass is 16.1. The zero-order valence-corrected chi connectivity index (χ0v) is 12.1. The maximum atomic E-state index is 12.1. The molecular formula is C16H21N3O. The van der Waals surface area contributed by atoms with E-state index in [9.17, 15) is 4.79 Å². The minimum absolute atomic E-state index is 0.0961. The fourth-order valence-electron chi connectivity index (χ4n) is 2.36. The predicted molar refractivity (Wildman–Crippen MR) is 79.3 cm³/mol. The van der Waals surface area contributed by atoms with Gasteiger partial charge in [0.15, 0.2) is 0 Å². The van der Waals surface area contributed by atoms with Gasteiger partial charge in [-0.25, -0.2) is 0 Å². The summed E-state index contributed by atoms with van der Waals surface area (Å²) >= 11 is 0. The second kappa shape index (κ2) is 6.06. The molecule has 0 unspecified atom stereocenters. The lowest BCUT2D eigenvalue weighted by molar-refractivity contribution is -0.120. The minimum atomic E-state index is -0.502. The number of rotatable bonds is 3. The number of carbonyl (C=O) groups excluding carboxylic acids is 1. The van der Waals surface area contributed by atoms with E-state index in [0.717, 1.165) is 37.2 Å². The van der Waals surface area contributed by atoms with Crippen LogP contribution >= 0.6 is 0 Å². The van der Waals surface area contributed by atoms with Gasteiger partial charge in [0.05, 0.1) is 11.5 Å². The van der Waals surface area contributed by atoms with E-state index in [1.54, 1.807) is 0 Å². The molecule has 0 bridgehead atoms. The molecule has 0 aromatic heterocycles. The Morgan fingerprint density at radius 3 is 2.45 bits per heavy atom. The fourth-order valence-corrected chi connectivity index (χ4v) is 2.36. The van der Waals surface area contributed by atoms with Crippen molar-refractivity contribution in [2.24, 2.45) is 5.92 Å².